The van der Waals surface area contributed by atoms with Gasteiger partial charge in [-0.2, -0.15) is 11.8 Å². The van der Waals surface area contributed by atoms with E-state index in [0.717, 1.165) is 11.3 Å². The van der Waals surface area contributed by atoms with Crippen LogP contribution >= 0.6 is 11.8 Å². The Hall–Kier alpha value is -1.20. The minimum atomic E-state index is -0.165. The third-order valence-corrected chi connectivity index (χ3v) is 4.55. The second-order valence-corrected chi connectivity index (χ2v) is 6.92. The summed E-state index contributed by atoms with van der Waals surface area (Å²) >= 11 is 1.73. The van der Waals surface area contributed by atoms with Gasteiger partial charge in [0.25, 0.3) is 0 Å². The molecule has 0 aromatic heterocycles. The van der Waals surface area contributed by atoms with Crippen LogP contribution in [0.5, 0.6) is 0 Å². The number of hydrogen-bond acceptors (Lipinski definition) is 3. The number of benzene rings is 1. The molecule has 0 heterocycles. The summed E-state index contributed by atoms with van der Waals surface area (Å²) < 4.78 is 0.0415. The molecule has 1 rings (SSSR count). The van der Waals surface area contributed by atoms with Gasteiger partial charge in [-0.3, -0.25) is 0 Å². The number of urea groups is 1. The second-order valence-electron chi connectivity index (χ2n) is 5.41. The molecule has 0 fully saturated rings. The zero-order valence-electron chi connectivity index (χ0n) is 12.9. The van der Waals surface area contributed by atoms with Gasteiger partial charge in [-0.15, -0.1) is 0 Å². The largest absolute Gasteiger partial charge is 0.336 e. The molecule has 1 aromatic rings. The molecule has 1 atom stereocenters. The molecule has 0 aliphatic heterocycles. The first-order chi connectivity index (χ1) is 9.38. The van der Waals surface area contributed by atoms with Crippen LogP contribution in [0.15, 0.2) is 24.3 Å². The van der Waals surface area contributed by atoms with Crippen LogP contribution in [0.1, 0.15) is 32.4 Å². The van der Waals surface area contributed by atoms with Crippen LogP contribution < -0.4 is 16.0 Å². The second kappa shape index (κ2) is 7.55. The molecule has 0 radical (unpaired) electrons. The highest BCUT2D eigenvalue weighted by atomic mass is 32.2. The van der Waals surface area contributed by atoms with Crippen molar-refractivity contribution in [2.75, 3.05) is 25.2 Å². The van der Waals surface area contributed by atoms with E-state index in [4.69, 9.17) is 0 Å². The molecule has 5 heteroatoms. The highest BCUT2D eigenvalue weighted by molar-refractivity contribution is 7.99. The van der Waals surface area contributed by atoms with E-state index in [2.05, 4.69) is 36.7 Å². The number of carbonyl (C=O) groups is 1. The summed E-state index contributed by atoms with van der Waals surface area (Å²) in [5.74, 6) is 0. The fourth-order valence-electron chi connectivity index (χ4n) is 1.59. The van der Waals surface area contributed by atoms with Crippen molar-refractivity contribution < 1.29 is 4.79 Å². The van der Waals surface area contributed by atoms with E-state index in [0.29, 0.717) is 6.54 Å². The number of hydrogen-bond donors (Lipinski definition) is 3. The van der Waals surface area contributed by atoms with Gasteiger partial charge in [-0.1, -0.05) is 12.1 Å². The van der Waals surface area contributed by atoms with E-state index in [1.807, 2.05) is 37.6 Å². The lowest BCUT2D eigenvalue weighted by Crippen LogP contribution is -2.38. The van der Waals surface area contributed by atoms with Gasteiger partial charge in [0, 0.05) is 23.0 Å². The molecular formula is C15H25N3OS. The van der Waals surface area contributed by atoms with Crippen LogP contribution in [-0.2, 0) is 0 Å². The van der Waals surface area contributed by atoms with Crippen LogP contribution in [-0.4, -0.2) is 30.6 Å². The molecule has 1 aromatic carbocycles. The van der Waals surface area contributed by atoms with Crippen molar-refractivity contribution in [3.05, 3.63) is 29.8 Å². The van der Waals surface area contributed by atoms with Gasteiger partial charge >= 0.3 is 6.03 Å². The van der Waals surface area contributed by atoms with Crippen molar-refractivity contribution in [2.45, 2.75) is 31.6 Å². The Morgan fingerprint density at radius 1 is 1.40 bits per heavy atom. The van der Waals surface area contributed by atoms with Crippen molar-refractivity contribution in [3.8, 4) is 0 Å². The molecule has 20 heavy (non-hydrogen) atoms. The Balaban J connectivity index is 2.58. The van der Waals surface area contributed by atoms with Crippen LogP contribution in [0.4, 0.5) is 10.5 Å². The first kappa shape index (κ1) is 16.9. The fourth-order valence-corrected chi connectivity index (χ4v) is 1.81. The van der Waals surface area contributed by atoms with Crippen LogP contribution in [0.2, 0.25) is 0 Å². The minimum Gasteiger partial charge on any atom is -0.336 e. The number of rotatable bonds is 6. The first-order valence-electron chi connectivity index (χ1n) is 6.75. The Morgan fingerprint density at radius 3 is 2.70 bits per heavy atom. The van der Waals surface area contributed by atoms with E-state index < -0.39 is 0 Å². The highest BCUT2D eigenvalue weighted by Crippen LogP contribution is 2.20. The lowest BCUT2D eigenvalue weighted by Gasteiger charge is -2.22. The van der Waals surface area contributed by atoms with Crippen molar-refractivity contribution >= 4 is 23.5 Å². The predicted molar refractivity (Wildman–Crippen MR) is 88.5 cm³/mol. The van der Waals surface area contributed by atoms with Crippen molar-refractivity contribution in [1.29, 1.82) is 0 Å². The van der Waals surface area contributed by atoms with E-state index >= 15 is 0 Å². The quantitative estimate of drug-likeness (QED) is 0.755. The third-order valence-electron chi connectivity index (χ3n) is 3.30. The van der Waals surface area contributed by atoms with E-state index in [9.17, 15) is 4.79 Å². The predicted octanol–water partition coefficient (Wildman–Crippen LogP) is 3.23. The van der Waals surface area contributed by atoms with Gasteiger partial charge in [0.1, 0.15) is 0 Å². The van der Waals surface area contributed by atoms with E-state index in [1.54, 1.807) is 11.8 Å². The maximum absolute atomic E-state index is 11.9. The van der Waals surface area contributed by atoms with Gasteiger partial charge < -0.3 is 16.0 Å². The summed E-state index contributed by atoms with van der Waals surface area (Å²) in [6.07, 6.45) is 2.04. The molecule has 0 spiro atoms. The highest BCUT2D eigenvalue weighted by Gasteiger charge is 2.16. The van der Waals surface area contributed by atoms with Gasteiger partial charge in [0.15, 0.2) is 0 Å². The molecule has 1 unspecified atom stereocenters. The number of amides is 2. The number of carbonyl (C=O) groups excluding carboxylic acids is 1. The number of anilines is 1. The Labute approximate surface area is 126 Å². The maximum atomic E-state index is 11.9. The molecule has 0 saturated heterocycles. The molecule has 0 saturated carbocycles. The van der Waals surface area contributed by atoms with Crippen molar-refractivity contribution in [2.24, 2.45) is 0 Å². The Kier molecular flexibility index (Phi) is 6.36. The molecule has 0 aliphatic carbocycles. The molecule has 3 N–H and O–H groups in total. The monoisotopic (exact) mass is 295 g/mol. The standard InChI is InChI=1S/C15H25N3OS/c1-11(16-4)12-7-6-8-13(9-12)18-14(19)17-10-15(2,3)20-5/h6-9,11,16H,10H2,1-5H3,(H2,17,18,19). The average molecular weight is 295 g/mol. The Bertz CT molecular complexity index is 448. The van der Waals surface area contributed by atoms with E-state index in [-0.39, 0.29) is 16.8 Å². The van der Waals surface area contributed by atoms with Gasteiger partial charge in [-0.25, -0.2) is 4.79 Å². The smallest absolute Gasteiger partial charge is 0.319 e. The average Bonchev–Trinajstić information content (AvgIpc) is 2.44. The van der Waals surface area contributed by atoms with Gasteiger partial charge in [-0.05, 0) is 51.8 Å². The topological polar surface area (TPSA) is 53.2 Å². The van der Waals surface area contributed by atoms with Gasteiger partial charge in [0.2, 0.25) is 0 Å². The van der Waals surface area contributed by atoms with Crippen LogP contribution in [0, 0.1) is 0 Å². The summed E-state index contributed by atoms with van der Waals surface area (Å²) in [6, 6.07) is 7.97. The minimum absolute atomic E-state index is 0.0415. The lowest BCUT2D eigenvalue weighted by atomic mass is 10.1. The Morgan fingerprint density at radius 2 is 2.10 bits per heavy atom. The van der Waals surface area contributed by atoms with Crippen LogP contribution in [0.3, 0.4) is 0 Å². The molecule has 0 bridgehead atoms. The van der Waals surface area contributed by atoms with Crippen LogP contribution in [0.25, 0.3) is 0 Å². The number of thioether (sulfide) groups is 1. The SMILES string of the molecule is CNC(C)c1cccc(NC(=O)NCC(C)(C)SC)c1. The normalized spacial score (nSPS) is 12.8. The van der Waals surface area contributed by atoms with E-state index in [1.165, 1.54) is 0 Å². The molecule has 0 aliphatic rings. The fraction of sp³-hybridized carbons (Fsp3) is 0.533. The molecule has 4 nitrogen and oxygen atoms in total. The summed E-state index contributed by atoms with van der Waals surface area (Å²) in [5.41, 5.74) is 1.96. The molecule has 112 valence electrons. The summed E-state index contributed by atoms with van der Waals surface area (Å²) in [5, 5.41) is 8.95. The molecular weight excluding hydrogens is 270 g/mol. The lowest BCUT2D eigenvalue weighted by molar-refractivity contribution is 0.251. The van der Waals surface area contributed by atoms with Crippen molar-refractivity contribution in [3.63, 3.8) is 0 Å². The summed E-state index contributed by atoms with van der Waals surface area (Å²) in [4.78, 5) is 11.9. The molecule has 2 amide bonds. The summed E-state index contributed by atoms with van der Waals surface area (Å²) in [7, 11) is 1.92. The zero-order valence-corrected chi connectivity index (χ0v) is 13.7. The zero-order chi connectivity index (χ0) is 15.2. The van der Waals surface area contributed by atoms with Gasteiger partial charge in [0.05, 0.1) is 0 Å². The maximum Gasteiger partial charge on any atom is 0.319 e. The van der Waals surface area contributed by atoms with Crippen molar-refractivity contribution in [1.82, 2.24) is 10.6 Å². The summed E-state index contributed by atoms with van der Waals surface area (Å²) in [6.45, 7) is 6.92. The third kappa shape index (κ3) is 5.43. The first-order valence-corrected chi connectivity index (χ1v) is 7.97. The number of nitrogens with one attached hydrogen (secondary N) is 3.